The first kappa shape index (κ1) is 25.2. The van der Waals surface area contributed by atoms with Gasteiger partial charge in [0.15, 0.2) is 0 Å². The molecule has 1 heterocycles. The number of fused-ring (bicyclic) bond motifs is 1. The standard InChI is InChI=1S/C33H37N3O/c1-24(31-14-8-12-27-11-6-7-13-32(27)31)34-21-29-19-20-36(23-33(29)28-9-4-3-5-10-28)22-26-15-17-30(18-16-26)35-25(2)37/h3-18,24,29,33-34H,19-23H2,1-2H3,(H,35,37)/t24-,29?,33?/m1/s1. The van der Waals surface area contributed by atoms with Crippen molar-refractivity contribution in [3.05, 3.63) is 114 Å². The molecule has 4 nitrogen and oxygen atoms in total. The van der Waals surface area contributed by atoms with Crippen molar-refractivity contribution >= 4 is 22.4 Å². The van der Waals surface area contributed by atoms with Crippen LogP contribution < -0.4 is 10.6 Å². The summed E-state index contributed by atoms with van der Waals surface area (Å²) in [5, 5.41) is 9.39. The van der Waals surface area contributed by atoms with E-state index in [1.165, 1.54) is 33.9 Å². The van der Waals surface area contributed by atoms with Gasteiger partial charge in [0, 0.05) is 37.7 Å². The summed E-state index contributed by atoms with van der Waals surface area (Å²) in [6.07, 6.45) is 1.17. The predicted octanol–water partition coefficient (Wildman–Crippen LogP) is 6.75. The van der Waals surface area contributed by atoms with Gasteiger partial charge in [0.2, 0.25) is 5.91 Å². The van der Waals surface area contributed by atoms with Crippen LogP contribution in [-0.4, -0.2) is 30.4 Å². The molecule has 0 aliphatic carbocycles. The summed E-state index contributed by atoms with van der Waals surface area (Å²) in [6, 6.07) is 34.9. The van der Waals surface area contributed by atoms with E-state index in [4.69, 9.17) is 0 Å². The Morgan fingerprint density at radius 2 is 1.65 bits per heavy atom. The third-order valence-electron chi connectivity index (χ3n) is 7.72. The molecule has 190 valence electrons. The Bertz CT molecular complexity index is 1310. The quantitative estimate of drug-likeness (QED) is 0.286. The summed E-state index contributed by atoms with van der Waals surface area (Å²) < 4.78 is 0. The maximum absolute atomic E-state index is 11.3. The summed E-state index contributed by atoms with van der Waals surface area (Å²) in [6.45, 7) is 7.90. The molecule has 5 rings (SSSR count). The van der Waals surface area contributed by atoms with E-state index < -0.39 is 0 Å². The zero-order valence-electron chi connectivity index (χ0n) is 21.9. The zero-order valence-corrected chi connectivity index (χ0v) is 21.9. The van der Waals surface area contributed by atoms with Crippen molar-refractivity contribution in [2.75, 3.05) is 25.0 Å². The van der Waals surface area contributed by atoms with Gasteiger partial charge in [-0.1, -0.05) is 84.9 Å². The van der Waals surface area contributed by atoms with Crippen molar-refractivity contribution in [1.82, 2.24) is 10.2 Å². The fourth-order valence-electron chi connectivity index (χ4n) is 5.75. The van der Waals surface area contributed by atoms with Crippen LogP contribution in [0.2, 0.25) is 0 Å². The van der Waals surface area contributed by atoms with Crippen LogP contribution in [0.5, 0.6) is 0 Å². The van der Waals surface area contributed by atoms with Crippen LogP contribution in [-0.2, 0) is 11.3 Å². The van der Waals surface area contributed by atoms with E-state index in [1.54, 1.807) is 6.92 Å². The molecule has 4 aromatic carbocycles. The first-order chi connectivity index (χ1) is 18.1. The fourth-order valence-corrected chi connectivity index (χ4v) is 5.75. The first-order valence-electron chi connectivity index (χ1n) is 13.4. The molecule has 1 amide bonds. The lowest BCUT2D eigenvalue weighted by Crippen LogP contribution is -2.42. The highest BCUT2D eigenvalue weighted by Crippen LogP contribution is 2.34. The van der Waals surface area contributed by atoms with Crippen LogP contribution in [0.15, 0.2) is 97.1 Å². The summed E-state index contributed by atoms with van der Waals surface area (Å²) in [5.41, 5.74) is 4.93. The van der Waals surface area contributed by atoms with Crippen molar-refractivity contribution in [1.29, 1.82) is 0 Å². The van der Waals surface area contributed by atoms with E-state index in [0.29, 0.717) is 17.9 Å². The third kappa shape index (κ3) is 6.27. The molecule has 1 saturated heterocycles. The predicted molar refractivity (Wildman–Crippen MR) is 154 cm³/mol. The molecule has 1 fully saturated rings. The van der Waals surface area contributed by atoms with Gasteiger partial charge in [-0.05, 0) is 71.9 Å². The van der Waals surface area contributed by atoms with Gasteiger partial charge in [-0.25, -0.2) is 0 Å². The van der Waals surface area contributed by atoms with Crippen molar-refractivity contribution in [3.8, 4) is 0 Å². The largest absolute Gasteiger partial charge is 0.326 e. The number of anilines is 1. The second kappa shape index (κ2) is 11.7. The fraction of sp³-hybridized carbons (Fsp3) is 0.303. The van der Waals surface area contributed by atoms with Gasteiger partial charge >= 0.3 is 0 Å². The molecule has 0 radical (unpaired) electrons. The lowest BCUT2D eigenvalue weighted by Gasteiger charge is -2.39. The van der Waals surface area contributed by atoms with E-state index in [0.717, 1.165) is 31.9 Å². The van der Waals surface area contributed by atoms with Crippen LogP contribution in [0.4, 0.5) is 5.69 Å². The maximum atomic E-state index is 11.3. The number of piperidine rings is 1. The summed E-state index contributed by atoms with van der Waals surface area (Å²) >= 11 is 0. The normalized spacial score (nSPS) is 19.0. The molecule has 2 N–H and O–H groups in total. The Balaban J connectivity index is 1.27. The van der Waals surface area contributed by atoms with Gasteiger partial charge in [-0.15, -0.1) is 0 Å². The Morgan fingerprint density at radius 3 is 2.43 bits per heavy atom. The molecular weight excluding hydrogens is 454 g/mol. The van der Waals surface area contributed by atoms with E-state index >= 15 is 0 Å². The number of hydrogen-bond donors (Lipinski definition) is 2. The first-order valence-corrected chi connectivity index (χ1v) is 13.4. The smallest absolute Gasteiger partial charge is 0.221 e. The average molecular weight is 492 g/mol. The van der Waals surface area contributed by atoms with E-state index in [9.17, 15) is 4.79 Å². The maximum Gasteiger partial charge on any atom is 0.221 e. The van der Waals surface area contributed by atoms with Gasteiger partial charge in [0.1, 0.15) is 0 Å². The van der Waals surface area contributed by atoms with Crippen LogP contribution in [0.25, 0.3) is 10.8 Å². The number of carbonyl (C=O) groups is 1. The van der Waals surface area contributed by atoms with Crippen LogP contribution >= 0.6 is 0 Å². The van der Waals surface area contributed by atoms with Gasteiger partial charge in [0.25, 0.3) is 0 Å². The highest BCUT2D eigenvalue weighted by atomic mass is 16.1. The molecule has 2 unspecified atom stereocenters. The second-order valence-electron chi connectivity index (χ2n) is 10.4. The number of rotatable bonds is 8. The summed E-state index contributed by atoms with van der Waals surface area (Å²) in [7, 11) is 0. The lowest BCUT2D eigenvalue weighted by atomic mass is 9.80. The highest BCUT2D eigenvalue weighted by Gasteiger charge is 2.30. The number of benzene rings is 4. The number of hydrogen-bond acceptors (Lipinski definition) is 3. The SMILES string of the molecule is CC(=O)Nc1ccc(CN2CCC(CN[C@H](C)c3cccc4ccccc34)C(c3ccccc3)C2)cc1. The Hall–Kier alpha value is -3.47. The minimum Gasteiger partial charge on any atom is -0.326 e. The van der Waals surface area contributed by atoms with E-state index in [2.05, 4.69) is 107 Å². The molecule has 1 aliphatic heterocycles. The monoisotopic (exact) mass is 491 g/mol. The lowest BCUT2D eigenvalue weighted by molar-refractivity contribution is -0.114. The van der Waals surface area contributed by atoms with Crippen molar-refractivity contribution in [3.63, 3.8) is 0 Å². The Kier molecular flexibility index (Phi) is 7.98. The van der Waals surface area contributed by atoms with Crippen LogP contribution in [0.1, 0.15) is 48.9 Å². The molecule has 1 aliphatic rings. The highest BCUT2D eigenvalue weighted by molar-refractivity contribution is 5.88. The van der Waals surface area contributed by atoms with Gasteiger partial charge in [0.05, 0.1) is 0 Å². The molecule has 0 spiro atoms. The zero-order chi connectivity index (χ0) is 25.6. The van der Waals surface area contributed by atoms with Crippen LogP contribution in [0, 0.1) is 5.92 Å². The molecule has 3 atom stereocenters. The minimum atomic E-state index is -0.0381. The number of nitrogens with one attached hydrogen (secondary N) is 2. The van der Waals surface area contributed by atoms with Gasteiger partial charge < -0.3 is 10.6 Å². The Labute approximate surface area is 220 Å². The van der Waals surface area contributed by atoms with Crippen molar-refractivity contribution in [2.24, 2.45) is 5.92 Å². The molecule has 0 aromatic heterocycles. The van der Waals surface area contributed by atoms with Gasteiger partial charge in [-0.2, -0.15) is 0 Å². The van der Waals surface area contributed by atoms with Crippen LogP contribution in [0.3, 0.4) is 0 Å². The molecule has 0 bridgehead atoms. The third-order valence-corrected chi connectivity index (χ3v) is 7.72. The molecule has 37 heavy (non-hydrogen) atoms. The van der Waals surface area contributed by atoms with Gasteiger partial charge in [-0.3, -0.25) is 9.69 Å². The number of carbonyl (C=O) groups excluding carboxylic acids is 1. The number of nitrogens with zero attached hydrogens (tertiary/aromatic N) is 1. The molecule has 0 saturated carbocycles. The molecule has 4 aromatic rings. The Morgan fingerprint density at radius 1 is 0.919 bits per heavy atom. The minimum absolute atomic E-state index is 0.0381. The number of amides is 1. The van der Waals surface area contributed by atoms with E-state index in [-0.39, 0.29) is 5.91 Å². The van der Waals surface area contributed by atoms with E-state index in [1.807, 2.05) is 12.1 Å². The average Bonchev–Trinajstić information content (AvgIpc) is 2.93. The topological polar surface area (TPSA) is 44.4 Å². The molecule has 4 heteroatoms. The van der Waals surface area contributed by atoms with Crippen molar-refractivity contribution in [2.45, 2.75) is 38.8 Å². The van der Waals surface area contributed by atoms with Crippen molar-refractivity contribution < 1.29 is 4.79 Å². The summed E-state index contributed by atoms with van der Waals surface area (Å²) in [4.78, 5) is 13.9. The number of likely N-dealkylation sites (tertiary alicyclic amines) is 1. The molecular formula is C33H37N3O. The second-order valence-corrected chi connectivity index (χ2v) is 10.4. The summed E-state index contributed by atoms with van der Waals surface area (Å²) in [5.74, 6) is 1.03.